The second-order valence-corrected chi connectivity index (χ2v) is 8.03. The molecule has 10 heteroatoms. The zero-order valence-electron chi connectivity index (χ0n) is 17.4. The molecule has 0 atom stereocenters. The van der Waals surface area contributed by atoms with Crippen LogP contribution in [-0.4, -0.2) is 43.5 Å². The summed E-state index contributed by atoms with van der Waals surface area (Å²) in [6.45, 7) is 3.11. The Balaban J connectivity index is 2.04. The summed E-state index contributed by atoms with van der Waals surface area (Å²) in [5.74, 6) is 0.0319. The van der Waals surface area contributed by atoms with Crippen LogP contribution in [0.3, 0.4) is 0 Å². The standard InChI is InChI=1S/C21H25ClFN5O3/c1-2-26-19(30)17-18(27(11-12-29)21(26)31)24-20(25-9-4-3-5-10-25)28(17)13-14-15(22)7-6-8-16(14)23/h6-8,29H,2-5,9-13H2,1H3. The van der Waals surface area contributed by atoms with Gasteiger partial charge in [0.15, 0.2) is 11.2 Å². The Morgan fingerprint density at radius 2 is 1.87 bits per heavy atom. The van der Waals surface area contributed by atoms with E-state index in [2.05, 4.69) is 9.88 Å². The second-order valence-electron chi connectivity index (χ2n) is 7.63. The third kappa shape index (κ3) is 3.76. The minimum Gasteiger partial charge on any atom is -0.395 e. The van der Waals surface area contributed by atoms with Crippen molar-refractivity contribution in [3.05, 3.63) is 55.4 Å². The average Bonchev–Trinajstić information content (AvgIpc) is 3.14. The lowest BCUT2D eigenvalue weighted by molar-refractivity contribution is 0.274. The molecule has 0 bridgehead atoms. The number of fused-ring (bicyclic) bond motifs is 1. The molecule has 4 rings (SSSR count). The molecule has 0 spiro atoms. The van der Waals surface area contributed by atoms with Crippen LogP contribution in [-0.2, 0) is 19.6 Å². The number of piperidine rings is 1. The lowest BCUT2D eigenvalue weighted by atomic mass is 10.1. The number of anilines is 1. The van der Waals surface area contributed by atoms with Crippen LogP contribution in [0.1, 0.15) is 31.7 Å². The molecular formula is C21H25ClFN5O3. The summed E-state index contributed by atoms with van der Waals surface area (Å²) in [5.41, 5.74) is -0.353. The van der Waals surface area contributed by atoms with E-state index in [1.165, 1.54) is 16.7 Å². The van der Waals surface area contributed by atoms with Gasteiger partial charge in [-0.25, -0.2) is 9.18 Å². The second kappa shape index (κ2) is 8.84. The number of nitrogens with zero attached hydrogens (tertiary/aromatic N) is 5. The van der Waals surface area contributed by atoms with Gasteiger partial charge >= 0.3 is 5.69 Å². The van der Waals surface area contributed by atoms with E-state index in [1.54, 1.807) is 17.6 Å². The molecular weight excluding hydrogens is 425 g/mol. The molecule has 0 saturated carbocycles. The maximum Gasteiger partial charge on any atom is 0.332 e. The SMILES string of the molecule is CCn1c(=O)c2c(nc(N3CCCCC3)n2Cc2c(F)cccc2Cl)n(CCO)c1=O. The summed E-state index contributed by atoms with van der Waals surface area (Å²) in [7, 11) is 0. The number of imidazole rings is 1. The molecule has 166 valence electrons. The van der Waals surface area contributed by atoms with Crippen LogP contribution in [0.5, 0.6) is 0 Å². The highest BCUT2D eigenvalue weighted by molar-refractivity contribution is 6.31. The van der Waals surface area contributed by atoms with Crippen LogP contribution in [0.15, 0.2) is 27.8 Å². The first kappa shape index (κ1) is 21.6. The smallest absolute Gasteiger partial charge is 0.332 e. The fourth-order valence-electron chi connectivity index (χ4n) is 4.19. The van der Waals surface area contributed by atoms with Crippen LogP contribution in [0.25, 0.3) is 11.2 Å². The van der Waals surface area contributed by atoms with Gasteiger partial charge in [0.05, 0.1) is 19.7 Å². The van der Waals surface area contributed by atoms with Gasteiger partial charge < -0.3 is 10.0 Å². The van der Waals surface area contributed by atoms with Crippen molar-refractivity contribution in [3.63, 3.8) is 0 Å². The van der Waals surface area contributed by atoms with E-state index in [0.29, 0.717) is 5.95 Å². The third-order valence-corrected chi connectivity index (χ3v) is 6.11. The van der Waals surface area contributed by atoms with Crippen LogP contribution in [0.2, 0.25) is 5.02 Å². The normalized spacial score (nSPS) is 14.5. The van der Waals surface area contributed by atoms with Crippen LogP contribution in [0, 0.1) is 5.82 Å². The van der Waals surface area contributed by atoms with Crippen LogP contribution >= 0.6 is 11.6 Å². The van der Waals surface area contributed by atoms with Crippen molar-refractivity contribution < 1.29 is 9.50 Å². The molecule has 1 N–H and O–H groups in total. The summed E-state index contributed by atoms with van der Waals surface area (Å²) in [6, 6.07) is 4.46. The molecule has 31 heavy (non-hydrogen) atoms. The highest BCUT2D eigenvalue weighted by atomic mass is 35.5. The maximum absolute atomic E-state index is 14.6. The Morgan fingerprint density at radius 3 is 2.52 bits per heavy atom. The van der Waals surface area contributed by atoms with Crippen molar-refractivity contribution in [1.29, 1.82) is 0 Å². The Morgan fingerprint density at radius 1 is 1.13 bits per heavy atom. The molecule has 1 aliphatic heterocycles. The molecule has 8 nitrogen and oxygen atoms in total. The van der Waals surface area contributed by atoms with E-state index < -0.39 is 17.1 Å². The average molecular weight is 450 g/mol. The predicted molar refractivity (Wildman–Crippen MR) is 118 cm³/mol. The molecule has 0 aliphatic carbocycles. The molecule has 3 aromatic rings. The van der Waals surface area contributed by atoms with Gasteiger partial charge in [-0.2, -0.15) is 4.98 Å². The number of halogens is 2. The number of aromatic nitrogens is 4. The molecule has 0 amide bonds. The largest absolute Gasteiger partial charge is 0.395 e. The first-order chi connectivity index (χ1) is 15.0. The van der Waals surface area contributed by atoms with Crippen molar-refractivity contribution in [2.45, 2.75) is 45.8 Å². The van der Waals surface area contributed by atoms with Gasteiger partial charge in [0.25, 0.3) is 5.56 Å². The Labute approximate surface area is 183 Å². The summed E-state index contributed by atoms with van der Waals surface area (Å²) >= 11 is 6.28. The Kier molecular flexibility index (Phi) is 6.15. The van der Waals surface area contributed by atoms with Crippen molar-refractivity contribution in [2.24, 2.45) is 0 Å². The van der Waals surface area contributed by atoms with Gasteiger partial charge in [-0.05, 0) is 38.3 Å². The molecule has 2 aromatic heterocycles. The molecule has 1 fully saturated rings. The van der Waals surface area contributed by atoms with Crippen LogP contribution < -0.4 is 16.1 Å². The molecule has 1 aromatic carbocycles. The van der Waals surface area contributed by atoms with Crippen molar-refractivity contribution in [3.8, 4) is 0 Å². The Hall–Kier alpha value is -2.65. The lowest BCUT2D eigenvalue weighted by Gasteiger charge is -2.28. The minimum absolute atomic E-state index is 0.00409. The minimum atomic E-state index is -0.521. The van der Waals surface area contributed by atoms with Gasteiger partial charge in [-0.1, -0.05) is 17.7 Å². The van der Waals surface area contributed by atoms with Gasteiger partial charge in [0.1, 0.15) is 5.82 Å². The first-order valence-electron chi connectivity index (χ1n) is 10.5. The van der Waals surface area contributed by atoms with E-state index in [1.807, 2.05) is 0 Å². The number of hydrogen-bond acceptors (Lipinski definition) is 5. The number of benzene rings is 1. The van der Waals surface area contributed by atoms with E-state index in [9.17, 15) is 19.1 Å². The maximum atomic E-state index is 14.6. The van der Waals surface area contributed by atoms with E-state index >= 15 is 0 Å². The van der Waals surface area contributed by atoms with Crippen molar-refractivity contribution in [2.75, 3.05) is 24.6 Å². The molecule has 3 heterocycles. The Bertz CT molecular complexity index is 1210. The van der Waals surface area contributed by atoms with E-state index in [0.717, 1.165) is 36.9 Å². The fourth-order valence-corrected chi connectivity index (χ4v) is 4.41. The number of hydrogen-bond donors (Lipinski definition) is 1. The van der Waals surface area contributed by atoms with Crippen molar-refractivity contribution in [1.82, 2.24) is 18.7 Å². The first-order valence-corrected chi connectivity index (χ1v) is 10.9. The van der Waals surface area contributed by atoms with Gasteiger partial charge in [0.2, 0.25) is 5.95 Å². The molecule has 0 unspecified atom stereocenters. The fraction of sp³-hybridized carbons (Fsp3) is 0.476. The van der Waals surface area contributed by atoms with E-state index in [-0.39, 0.29) is 48.0 Å². The predicted octanol–water partition coefficient (Wildman–Crippen LogP) is 2.20. The molecule has 0 radical (unpaired) electrons. The number of aliphatic hydroxyl groups is 1. The highest BCUT2D eigenvalue weighted by Gasteiger charge is 2.26. The summed E-state index contributed by atoms with van der Waals surface area (Å²) in [5, 5.41) is 9.77. The van der Waals surface area contributed by atoms with Gasteiger partial charge in [-0.15, -0.1) is 0 Å². The van der Waals surface area contributed by atoms with Gasteiger partial charge in [-0.3, -0.25) is 18.5 Å². The zero-order chi connectivity index (χ0) is 22.1. The number of rotatable bonds is 6. The van der Waals surface area contributed by atoms with Crippen LogP contribution in [0.4, 0.5) is 10.3 Å². The summed E-state index contributed by atoms with van der Waals surface area (Å²) in [4.78, 5) is 32.9. The molecule has 1 aliphatic rings. The quantitative estimate of drug-likeness (QED) is 0.623. The molecule has 1 saturated heterocycles. The topological polar surface area (TPSA) is 85.3 Å². The summed E-state index contributed by atoms with van der Waals surface area (Å²) in [6.07, 6.45) is 3.06. The number of aliphatic hydroxyl groups excluding tert-OH is 1. The van der Waals surface area contributed by atoms with Gasteiger partial charge in [0, 0.05) is 30.2 Å². The summed E-state index contributed by atoms with van der Waals surface area (Å²) < 4.78 is 18.7. The third-order valence-electron chi connectivity index (χ3n) is 5.75. The monoisotopic (exact) mass is 449 g/mol. The zero-order valence-corrected chi connectivity index (χ0v) is 18.1. The van der Waals surface area contributed by atoms with Crippen molar-refractivity contribution >= 4 is 28.7 Å². The highest BCUT2D eigenvalue weighted by Crippen LogP contribution is 2.27. The van der Waals surface area contributed by atoms with E-state index in [4.69, 9.17) is 11.6 Å². The lowest BCUT2D eigenvalue weighted by Crippen LogP contribution is -2.40.